The number of hydrogen-bond acceptors (Lipinski definition) is 4. The normalized spacial score (nSPS) is 9.78. The van der Waals surface area contributed by atoms with E-state index in [1.165, 1.54) is 0 Å². The first-order valence-electron chi connectivity index (χ1n) is 6.02. The zero-order valence-electron chi connectivity index (χ0n) is 10.6. The van der Waals surface area contributed by atoms with E-state index in [0.717, 1.165) is 25.4 Å². The highest BCUT2D eigenvalue weighted by atomic mass is 16.5. The maximum absolute atomic E-state index is 8.67. The number of rotatable bonds is 7. The van der Waals surface area contributed by atoms with E-state index < -0.39 is 0 Å². The molecule has 1 aromatic carbocycles. The summed E-state index contributed by atoms with van der Waals surface area (Å²) in [6.45, 7) is 5.16. The lowest BCUT2D eigenvalue weighted by Gasteiger charge is -2.18. The lowest BCUT2D eigenvalue weighted by atomic mass is 10.2. The van der Waals surface area contributed by atoms with Gasteiger partial charge in [0.15, 0.2) is 0 Å². The fourth-order valence-corrected chi connectivity index (χ4v) is 1.55. The van der Waals surface area contributed by atoms with Crippen molar-refractivity contribution in [2.75, 3.05) is 26.2 Å². The van der Waals surface area contributed by atoms with Gasteiger partial charge >= 0.3 is 0 Å². The molecule has 0 unspecified atom stereocenters. The van der Waals surface area contributed by atoms with Gasteiger partial charge in [-0.2, -0.15) is 10.5 Å². The zero-order valence-corrected chi connectivity index (χ0v) is 10.6. The van der Waals surface area contributed by atoms with Crippen LogP contribution < -0.4 is 4.74 Å². The van der Waals surface area contributed by atoms with Crippen LogP contribution in [0, 0.1) is 22.7 Å². The van der Waals surface area contributed by atoms with Crippen LogP contribution in [-0.2, 0) is 0 Å². The van der Waals surface area contributed by atoms with Gasteiger partial charge in [0, 0.05) is 19.5 Å². The second-order valence-corrected chi connectivity index (χ2v) is 3.83. The number of nitrogens with zero attached hydrogens (tertiary/aromatic N) is 3. The molecule has 94 valence electrons. The summed E-state index contributed by atoms with van der Waals surface area (Å²) in [4.78, 5) is 2.17. The van der Waals surface area contributed by atoms with Crippen LogP contribution in [0.4, 0.5) is 0 Å². The summed E-state index contributed by atoms with van der Waals surface area (Å²) in [6.07, 6.45) is 0.546. The fraction of sp³-hybridized carbons (Fsp3) is 0.429. The van der Waals surface area contributed by atoms with Crippen LogP contribution in [0.25, 0.3) is 0 Å². The van der Waals surface area contributed by atoms with Crippen molar-refractivity contribution in [3.63, 3.8) is 0 Å². The number of benzene rings is 1. The zero-order chi connectivity index (χ0) is 13.2. The minimum Gasteiger partial charge on any atom is -0.492 e. The molecule has 0 aromatic heterocycles. The highest BCUT2D eigenvalue weighted by Crippen LogP contribution is 2.11. The van der Waals surface area contributed by atoms with Gasteiger partial charge in [-0.3, -0.25) is 4.90 Å². The molecule has 0 fully saturated rings. The summed E-state index contributed by atoms with van der Waals surface area (Å²) in [5, 5.41) is 17.2. The summed E-state index contributed by atoms with van der Waals surface area (Å²) in [5.74, 6) is 0.769. The largest absolute Gasteiger partial charge is 0.492 e. The molecule has 4 nitrogen and oxygen atoms in total. The van der Waals surface area contributed by atoms with E-state index in [0.29, 0.717) is 18.6 Å². The molecule has 0 aliphatic rings. The molecular formula is C14H17N3O. The van der Waals surface area contributed by atoms with E-state index in [2.05, 4.69) is 24.0 Å². The first kappa shape index (κ1) is 14.0. The standard InChI is InChI=1S/C14H17N3O/c1-2-17(9-3-8-15)10-11-18-14-6-4-13(12-16)5-7-14/h4-7H,2-3,9-11H2,1H3. The SMILES string of the molecule is CCN(CCC#N)CCOc1ccc(C#N)cc1. The van der Waals surface area contributed by atoms with Gasteiger partial charge in [0.2, 0.25) is 0 Å². The molecule has 4 heteroatoms. The van der Waals surface area contributed by atoms with Gasteiger partial charge < -0.3 is 4.74 Å². The van der Waals surface area contributed by atoms with Crippen molar-refractivity contribution >= 4 is 0 Å². The van der Waals surface area contributed by atoms with E-state index in [9.17, 15) is 0 Å². The molecule has 0 bridgehead atoms. The average Bonchev–Trinajstić information content (AvgIpc) is 2.43. The predicted molar refractivity (Wildman–Crippen MR) is 69.0 cm³/mol. The van der Waals surface area contributed by atoms with E-state index in [1.54, 1.807) is 24.3 Å². The van der Waals surface area contributed by atoms with Crippen LogP contribution in [0.5, 0.6) is 5.75 Å². The molecule has 0 amide bonds. The molecular weight excluding hydrogens is 226 g/mol. The van der Waals surface area contributed by atoms with Crippen LogP contribution in [0.1, 0.15) is 18.9 Å². The smallest absolute Gasteiger partial charge is 0.119 e. The molecule has 0 heterocycles. The molecule has 0 radical (unpaired) electrons. The predicted octanol–water partition coefficient (Wildman–Crippen LogP) is 2.17. The first-order valence-corrected chi connectivity index (χ1v) is 6.02. The van der Waals surface area contributed by atoms with E-state index >= 15 is 0 Å². The van der Waals surface area contributed by atoms with Crippen molar-refractivity contribution in [1.82, 2.24) is 4.90 Å². The van der Waals surface area contributed by atoms with E-state index in [4.69, 9.17) is 15.3 Å². The second-order valence-electron chi connectivity index (χ2n) is 3.83. The monoisotopic (exact) mass is 243 g/mol. The topological polar surface area (TPSA) is 60.1 Å². The van der Waals surface area contributed by atoms with Crippen LogP contribution in [0.2, 0.25) is 0 Å². The molecule has 0 aliphatic carbocycles. The van der Waals surface area contributed by atoms with Gasteiger partial charge in [-0.25, -0.2) is 0 Å². The van der Waals surface area contributed by atoms with E-state index in [-0.39, 0.29) is 0 Å². The summed E-state index contributed by atoms with van der Waals surface area (Å²) >= 11 is 0. The van der Waals surface area contributed by atoms with Crippen molar-refractivity contribution in [3.05, 3.63) is 29.8 Å². The van der Waals surface area contributed by atoms with Crippen LogP contribution in [-0.4, -0.2) is 31.1 Å². The summed E-state index contributed by atoms with van der Waals surface area (Å²) in [7, 11) is 0. The van der Waals surface area contributed by atoms with Crippen molar-refractivity contribution in [2.45, 2.75) is 13.3 Å². The summed E-state index contributed by atoms with van der Waals surface area (Å²) in [6, 6.07) is 11.3. The van der Waals surface area contributed by atoms with Gasteiger partial charge in [0.1, 0.15) is 12.4 Å². The quantitative estimate of drug-likeness (QED) is 0.736. The summed E-state index contributed by atoms with van der Waals surface area (Å²) in [5.41, 5.74) is 0.631. The fourth-order valence-electron chi connectivity index (χ4n) is 1.55. The van der Waals surface area contributed by atoms with Crippen LogP contribution in [0.15, 0.2) is 24.3 Å². The molecule has 0 N–H and O–H groups in total. The van der Waals surface area contributed by atoms with Gasteiger partial charge in [0.05, 0.1) is 17.7 Å². The Bertz CT molecular complexity index is 428. The Hall–Kier alpha value is -2.04. The Labute approximate surface area is 108 Å². The number of ether oxygens (including phenoxy) is 1. The minimum atomic E-state index is 0.546. The maximum Gasteiger partial charge on any atom is 0.119 e. The highest BCUT2D eigenvalue weighted by Gasteiger charge is 2.02. The molecule has 0 atom stereocenters. The van der Waals surface area contributed by atoms with Gasteiger partial charge in [0.25, 0.3) is 0 Å². The molecule has 0 saturated heterocycles. The third-order valence-electron chi connectivity index (χ3n) is 2.65. The van der Waals surface area contributed by atoms with Gasteiger partial charge in [-0.15, -0.1) is 0 Å². The lowest BCUT2D eigenvalue weighted by Crippen LogP contribution is -2.29. The third-order valence-corrected chi connectivity index (χ3v) is 2.65. The van der Waals surface area contributed by atoms with Crippen LogP contribution >= 0.6 is 0 Å². The Kier molecular flexibility index (Phi) is 6.32. The molecule has 1 rings (SSSR count). The minimum absolute atomic E-state index is 0.546. The third kappa shape index (κ3) is 4.86. The highest BCUT2D eigenvalue weighted by molar-refractivity contribution is 5.34. The molecule has 0 saturated carbocycles. The van der Waals surface area contributed by atoms with Crippen molar-refractivity contribution in [1.29, 1.82) is 10.5 Å². The summed E-state index contributed by atoms with van der Waals surface area (Å²) < 4.78 is 5.58. The van der Waals surface area contributed by atoms with Gasteiger partial charge in [-0.1, -0.05) is 6.92 Å². The Morgan fingerprint density at radius 3 is 2.44 bits per heavy atom. The van der Waals surface area contributed by atoms with Crippen molar-refractivity contribution in [2.24, 2.45) is 0 Å². The molecule has 18 heavy (non-hydrogen) atoms. The Morgan fingerprint density at radius 2 is 1.89 bits per heavy atom. The average molecular weight is 243 g/mol. The Morgan fingerprint density at radius 1 is 1.17 bits per heavy atom. The maximum atomic E-state index is 8.67. The lowest BCUT2D eigenvalue weighted by molar-refractivity contribution is 0.218. The van der Waals surface area contributed by atoms with E-state index in [1.807, 2.05) is 0 Å². The van der Waals surface area contributed by atoms with Crippen LogP contribution in [0.3, 0.4) is 0 Å². The van der Waals surface area contributed by atoms with Crippen molar-refractivity contribution in [3.8, 4) is 17.9 Å². The molecule has 0 aliphatic heterocycles. The molecule has 1 aromatic rings. The first-order chi connectivity index (χ1) is 8.80. The Balaban J connectivity index is 2.31. The number of hydrogen-bond donors (Lipinski definition) is 0. The number of likely N-dealkylation sites (N-methyl/N-ethyl adjacent to an activating group) is 1. The van der Waals surface area contributed by atoms with Crippen molar-refractivity contribution < 1.29 is 4.74 Å². The molecule has 0 spiro atoms. The number of nitriles is 2. The van der Waals surface area contributed by atoms with Gasteiger partial charge in [-0.05, 0) is 30.8 Å². The second kappa shape index (κ2) is 8.11.